The number of carbonyl (C=O) groups is 1. The number of aromatic nitrogens is 3. The van der Waals surface area contributed by atoms with E-state index in [1.54, 1.807) is 10.7 Å². The lowest BCUT2D eigenvalue weighted by atomic mass is 10.2. The second-order valence-electron chi connectivity index (χ2n) is 4.27. The molecule has 0 saturated heterocycles. The summed E-state index contributed by atoms with van der Waals surface area (Å²) >= 11 is 0. The predicted molar refractivity (Wildman–Crippen MR) is 72.4 cm³/mol. The number of nitrogen functional groups attached to an aromatic ring is 1. The number of nitrogens with two attached hydrogens (primary N) is 2. The van der Waals surface area contributed by atoms with Gasteiger partial charge in [-0.1, -0.05) is 0 Å². The van der Waals surface area contributed by atoms with Crippen LogP contribution < -0.4 is 16.8 Å². The van der Waals surface area contributed by atoms with Crippen molar-refractivity contribution in [2.45, 2.75) is 13.5 Å². The minimum Gasteiger partial charge on any atom is -0.396 e. The lowest BCUT2D eigenvalue weighted by molar-refractivity contribution is 0.0996. The Morgan fingerprint density at radius 3 is 2.79 bits per heavy atom. The first-order valence-electron chi connectivity index (χ1n) is 5.76. The molecular weight excluding hydrogens is 244 g/mol. The van der Waals surface area contributed by atoms with E-state index in [9.17, 15) is 4.79 Å². The zero-order chi connectivity index (χ0) is 14.0. The molecule has 2 aromatic heterocycles. The Bertz CT molecular complexity index is 619. The van der Waals surface area contributed by atoms with Gasteiger partial charge in [0.15, 0.2) is 0 Å². The highest BCUT2D eigenvalue weighted by Crippen LogP contribution is 2.17. The summed E-state index contributed by atoms with van der Waals surface area (Å²) in [6.45, 7) is 2.45. The van der Waals surface area contributed by atoms with Crippen LogP contribution in [0.25, 0.3) is 0 Å². The summed E-state index contributed by atoms with van der Waals surface area (Å²) < 4.78 is 1.74. The van der Waals surface area contributed by atoms with Crippen molar-refractivity contribution >= 4 is 17.4 Å². The van der Waals surface area contributed by atoms with Gasteiger partial charge in [-0.2, -0.15) is 5.10 Å². The molecule has 7 nitrogen and oxygen atoms in total. The summed E-state index contributed by atoms with van der Waals surface area (Å²) in [4.78, 5) is 15.2. The highest BCUT2D eigenvalue weighted by atomic mass is 16.1. The second kappa shape index (κ2) is 4.97. The van der Waals surface area contributed by atoms with Gasteiger partial charge in [-0.15, -0.1) is 0 Å². The quantitative estimate of drug-likeness (QED) is 0.737. The molecular formula is C12H16N6O. The number of pyridine rings is 1. The van der Waals surface area contributed by atoms with Gasteiger partial charge in [0.05, 0.1) is 11.4 Å². The Labute approximate surface area is 110 Å². The van der Waals surface area contributed by atoms with E-state index in [0.29, 0.717) is 18.1 Å². The van der Waals surface area contributed by atoms with Crippen molar-refractivity contribution in [1.29, 1.82) is 0 Å². The minimum absolute atomic E-state index is 0.180. The molecule has 2 rings (SSSR count). The molecule has 0 atom stereocenters. The number of hydrogen-bond acceptors (Lipinski definition) is 5. The summed E-state index contributed by atoms with van der Waals surface area (Å²) in [6.07, 6.45) is 1.91. The molecule has 0 radical (unpaired) electrons. The molecule has 100 valence electrons. The number of nitrogens with zero attached hydrogens (tertiary/aromatic N) is 3. The van der Waals surface area contributed by atoms with Gasteiger partial charge >= 0.3 is 0 Å². The topological polar surface area (TPSA) is 112 Å². The first-order valence-corrected chi connectivity index (χ1v) is 5.76. The Morgan fingerprint density at radius 1 is 1.47 bits per heavy atom. The van der Waals surface area contributed by atoms with Crippen molar-refractivity contribution in [1.82, 2.24) is 14.8 Å². The van der Waals surface area contributed by atoms with Crippen LogP contribution in [0.4, 0.5) is 11.5 Å². The monoisotopic (exact) mass is 260 g/mol. The number of rotatable bonds is 4. The van der Waals surface area contributed by atoms with Crippen LogP contribution in [0.1, 0.15) is 21.7 Å². The van der Waals surface area contributed by atoms with E-state index >= 15 is 0 Å². The first-order chi connectivity index (χ1) is 8.97. The molecule has 19 heavy (non-hydrogen) atoms. The third-order valence-corrected chi connectivity index (χ3v) is 2.74. The smallest absolute Gasteiger partial charge is 0.267 e. The second-order valence-corrected chi connectivity index (χ2v) is 4.27. The zero-order valence-electron chi connectivity index (χ0n) is 10.8. The minimum atomic E-state index is -0.583. The molecule has 0 aliphatic carbocycles. The highest BCUT2D eigenvalue weighted by Gasteiger charge is 2.08. The molecule has 0 saturated carbocycles. The molecule has 7 heteroatoms. The SMILES string of the molecule is Cc1nn(C)cc1CNc1nc(C(N)=O)ccc1N. The van der Waals surface area contributed by atoms with Crippen LogP contribution in [0.5, 0.6) is 0 Å². The van der Waals surface area contributed by atoms with Crippen molar-refractivity contribution in [2.75, 3.05) is 11.1 Å². The maximum absolute atomic E-state index is 11.1. The van der Waals surface area contributed by atoms with Gasteiger partial charge in [-0.3, -0.25) is 9.48 Å². The number of amides is 1. The zero-order valence-corrected chi connectivity index (χ0v) is 10.8. The maximum atomic E-state index is 11.1. The molecule has 0 fully saturated rings. The summed E-state index contributed by atoms with van der Waals surface area (Å²) in [5.41, 5.74) is 13.6. The maximum Gasteiger partial charge on any atom is 0.267 e. The van der Waals surface area contributed by atoms with E-state index in [0.717, 1.165) is 11.3 Å². The molecule has 5 N–H and O–H groups in total. The molecule has 0 bridgehead atoms. The molecule has 0 aromatic carbocycles. The average molecular weight is 260 g/mol. The van der Waals surface area contributed by atoms with E-state index in [4.69, 9.17) is 11.5 Å². The fourth-order valence-electron chi connectivity index (χ4n) is 1.75. The third-order valence-electron chi connectivity index (χ3n) is 2.74. The number of anilines is 2. The fourth-order valence-corrected chi connectivity index (χ4v) is 1.75. The Hall–Kier alpha value is -2.57. The lowest BCUT2D eigenvalue weighted by Crippen LogP contribution is -2.15. The van der Waals surface area contributed by atoms with E-state index in [-0.39, 0.29) is 5.69 Å². The van der Waals surface area contributed by atoms with Gasteiger partial charge in [0.1, 0.15) is 11.5 Å². The lowest BCUT2D eigenvalue weighted by Gasteiger charge is -2.08. The number of nitrogens with one attached hydrogen (secondary N) is 1. The Kier molecular flexibility index (Phi) is 3.37. The van der Waals surface area contributed by atoms with Crippen molar-refractivity contribution in [3.63, 3.8) is 0 Å². The predicted octanol–water partition coefficient (Wildman–Crippen LogP) is 0.417. The molecule has 0 aliphatic rings. The van der Waals surface area contributed by atoms with E-state index in [2.05, 4.69) is 15.4 Å². The van der Waals surface area contributed by atoms with Crippen LogP contribution in [0.3, 0.4) is 0 Å². The molecule has 2 heterocycles. The van der Waals surface area contributed by atoms with Crippen LogP contribution in [0, 0.1) is 6.92 Å². The van der Waals surface area contributed by atoms with Crippen LogP contribution in [0.2, 0.25) is 0 Å². The number of hydrogen-bond donors (Lipinski definition) is 3. The van der Waals surface area contributed by atoms with E-state index in [1.165, 1.54) is 6.07 Å². The van der Waals surface area contributed by atoms with Crippen molar-refractivity contribution in [3.05, 3.63) is 35.3 Å². The van der Waals surface area contributed by atoms with Crippen molar-refractivity contribution in [2.24, 2.45) is 12.8 Å². The van der Waals surface area contributed by atoms with Gasteiger partial charge in [-0.25, -0.2) is 4.98 Å². The molecule has 0 aliphatic heterocycles. The van der Waals surface area contributed by atoms with Gasteiger partial charge in [0.2, 0.25) is 0 Å². The third kappa shape index (κ3) is 2.82. The summed E-state index contributed by atoms with van der Waals surface area (Å²) in [5, 5.41) is 7.32. The number of carbonyl (C=O) groups excluding carboxylic acids is 1. The first kappa shape index (κ1) is 12.9. The normalized spacial score (nSPS) is 10.4. The van der Waals surface area contributed by atoms with Gasteiger partial charge in [0.25, 0.3) is 5.91 Å². The number of primary amides is 1. The van der Waals surface area contributed by atoms with Crippen molar-refractivity contribution in [3.8, 4) is 0 Å². The highest BCUT2D eigenvalue weighted by molar-refractivity contribution is 5.91. The summed E-state index contributed by atoms with van der Waals surface area (Å²) in [6, 6.07) is 3.10. The fraction of sp³-hybridized carbons (Fsp3) is 0.250. The van der Waals surface area contributed by atoms with Crippen LogP contribution in [-0.2, 0) is 13.6 Å². The van der Waals surface area contributed by atoms with E-state index < -0.39 is 5.91 Å². The van der Waals surface area contributed by atoms with Crippen LogP contribution in [-0.4, -0.2) is 20.7 Å². The van der Waals surface area contributed by atoms with Crippen LogP contribution in [0.15, 0.2) is 18.3 Å². The van der Waals surface area contributed by atoms with Crippen LogP contribution >= 0.6 is 0 Å². The summed E-state index contributed by atoms with van der Waals surface area (Å²) in [7, 11) is 1.86. The largest absolute Gasteiger partial charge is 0.396 e. The summed E-state index contributed by atoms with van der Waals surface area (Å²) in [5.74, 6) is -0.139. The standard InChI is InChI=1S/C12H16N6O/c1-7-8(6-18(2)17-7)5-15-12-9(13)3-4-10(16-12)11(14)19/h3-4,6H,5,13H2,1-2H3,(H2,14,19)(H,15,16). The number of aryl methyl sites for hydroxylation is 2. The van der Waals surface area contributed by atoms with E-state index in [1.807, 2.05) is 20.2 Å². The Balaban J connectivity index is 2.17. The molecule has 2 aromatic rings. The van der Waals surface area contributed by atoms with Crippen molar-refractivity contribution < 1.29 is 4.79 Å². The molecule has 0 spiro atoms. The Morgan fingerprint density at radius 2 is 2.21 bits per heavy atom. The van der Waals surface area contributed by atoms with Gasteiger partial charge in [-0.05, 0) is 19.1 Å². The van der Waals surface area contributed by atoms with Gasteiger partial charge < -0.3 is 16.8 Å². The average Bonchev–Trinajstić information content (AvgIpc) is 2.66. The van der Waals surface area contributed by atoms with Gasteiger partial charge in [0, 0.05) is 25.4 Å². The molecule has 1 amide bonds. The molecule has 0 unspecified atom stereocenters.